The molecule has 0 aliphatic carbocycles. The van der Waals surface area contributed by atoms with Gasteiger partial charge in [-0.2, -0.15) is 0 Å². The van der Waals surface area contributed by atoms with Crippen LogP contribution in [-0.2, 0) is 10.0 Å². The van der Waals surface area contributed by atoms with Crippen molar-refractivity contribution in [1.29, 1.82) is 0 Å². The molecule has 0 radical (unpaired) electrons. The van der Waals surface area contributed by atoms with Crippen molar-refractivity contribution in [3.63, 3.8) is 0 Å². The zero-order valence-electron chi connectivity index (χ0n) is 17.8. The van der Waals surface area contributed by atoms with E-state index in [1.807, 2.05) is 13.0 Å². The van der Waals surface area contributed by atoms with Crippen molar-refractivity contribution in [1.82, 2.24) is 0 Å². The zero-order valence-corrected chi connectivity index (χ0v) is 19.4. The van der Waals surface area contributed by atoms with Crippen LogP contribution in [0.5, 0.6) is 11.5 Å². The van der Waals surface area contributed by atoms with Gasteiger partial charge in [-0.1, -0.05) is 17.7 Å². The van der Waals surface area contributed by atoms with Crippen LogP contribution in [0.1, 0.15) is 22.8 Å². The van der Waals surface area contributed by atoms with E-state index < -0.39 is 15.9 Å². The predicted molar refractivity (Wildman–Crippen MR) is 126 cm³/mol. The molecule has 1 amide bonds. The molecule has 0 aliphatic rings. The third kappa shape index (κ3) is 5.52. The lowest BCUT2D eigenvalue weighted by atomic mass is 10.2. The first-order chi connectivity index (χ1) is 15.2. The van der Waals surface area contributed by atoms with Gasteiger partial charge in [0.25, 0.3) is 15.9 Å². The molecule has 0 aromatic heterocycles. The molecule has 3 rings (SSSR count). The molecular weight excluding hydrogens is 452 g/mol. The molecule has 0 unspecified atom stereocenters. The molecule has 32 heavy (non-hydrogen) atoms. The fourth-order valence-corrected chi connectivity index (χ4v) is 4.17. The monoisotopic (exact) mass is 474 g/mol. The number of aryl methyl sites for hydroxylation is 1. The molecule has 0 atom stereocenters. The number of carbonyl (C=O) groups excluding carboxylic acids is 1. The van der Waals surface area contributed by atoms with Gasteiger partial charge in [-0.25, -0.2) is 8.42 Å². The Balaban J connectivity index is 1.94. The van der Waals surface area contributed by atoms with E-state index in [-0.39, 0.29) is 10.6 Å². The van der Waals surface area contributed by atoms with E-state index in [9.17, 15) is 13.2 Å². The maximum Gasteiger partial charge on any atom is 0.262 e. The summed E-state index contributed by atoms with van der Waals surface area (Å²) in [5, 5.41) is 3.22. The van der Waals surface area contributed by atoms with Crippen LogP contribution in [0, 0.1) is 6.92 Å². The summed E-state index contributed by atoms with van der Waals surface area (Å²) in [6.07, 6.45) is 0. The topological polar surface area (TPSA) is 93.7 Å². The first kappa shape index (κ1) is 23.4. The van der Waals surface area contributed by atoms with Crippen molar-refractivity contribution in [2.45, 2.75) is 18.7 Å². The van der Waals surface area contributed by atoms with Gasteiger partial charge in [0.15, 0.2) is 0 Å². The van der Waals surface area contributed by atoms with E-state index in [4.69, 9.17) is 21.1 Å². The lowest BCUT2D eigenvalue weighted by molar-refractivity contribution is 0.102. The van der Waals surface area contributed by atoms with Crippen molar-refractivity contribution in [3.05, 3.63) is 76.8 Å². The maximum atomic E-state index is 13.1. The van der Waals surface area contributed by atoms with Crippen LogP contribution in [0.2, 0.25) is 5.02 Å². The van der Waals surface area contributed by atoms with Crippen LogP contribution in [0.25, 0.3) is 0 Å². The second-order valence-corrected chi connectivity index (χ2v) is 8.98. The summed E-state index contributed by atoms with van der Waals surface area (Å²) >= 11 is 5.88. The number of nitrogens with one attached hydrogen (secondary N) is 2. The second kappa shape index (κ2) is 9.93. The fourth-order valence-electron chi connectivity index (χ4n) is 2.96. The number of hydrogen-bond donors (Lipinski definition) is 2. The highest BCUT2D eigenvalue weighted by atomic mass is 35.5. The second-order valence-electron chi connectivity index (χ2n) is 6.86. The minimum Gasteiger partial charge on any atom is -0.495 e. The molecule has 168 valence electrons. The van der Waals surface area contributed by atoms with E-state index >= 15 is 0 Å². The van der Waals surface area contributed by atoms with Gasteiger partial charge in [-0.05, 0) is 74.0 Å². The lowest BCUT2D eigenvalue weighted by Gasteiger charge is -2.16. The summed E-state index contributed by atoms with van der Waals surface area (Å²) in [7, 11) is -2.52. The van der Waals surface area contributed by atoms with Gasteiger partial charge < -0.3 is 14.8 Å². The van der Waals surface area contributed by atoms with Crippen LogP contribution in [0.3, 0.4) is 0 Å². The summed E-state index contributed by atoms with van der Waals surface area (Å²) in [5.74, 6) is 0.314. The first-order valence-corrected chi connectivity index (χ1v) is 11.6. The van der Waals surface area contributed by atoms with Crippen LogP contribution in [-0.4, -0.2) is 28.0 Å². The molecular formula is C23H23ClN2O5S. The first-order valence-electron chi connectivity index (χ1n) is 9.74. The largest absolute Gasteiger partial charge is 0.495 e. The highest BCUT2D eigenvalue weighted by molar-refractivity contribution is 7.92. The number of hydrogen-bond acceptors (Lipinski definition) is 5. The number of carbonyl (C=O) groups is 1. The van der Waals surface area contributed by atoms with Crippen LogP contribution < -0.4 is 19.5 Å². The molecule has 3 aromatic rings. The molecule has 2 N–H and O–H groups in total. The zero-order chi connectivity index (χ0) is 23.3. The number of rotatable bonds is 8. The average Bonchev–Trinajstić information content (AvgIpc) is 2.75. The molecule has 0 saturated heterocycles. The Morgan fingerprint density at radius 2 is 1.66 bits per heavy atom. The summed E-state index contributed by atoms with van der Waals surface area (Å²) in [6.45, 7) is 3.98. The molecule has 0 aliphatic heterocycles. The molecule has 3 aromatic carbocycles. The Bertz CT molecular complexity index is 1230. The van der Waals surface area contributed by atoms with E-state index in [1.165, 1.54) is 25.3 Å². The summed E-state index contributed by atoms with van der Waals surface area (Å²) in [4.78, 5) is 12.6. The maximum absolute atomic E-state index is 13.1. The number of amides is 1. The van der Waals surface area contributed by atoms with Gasteiger partial charge in [0, 0.05) is 10.6 Å². The van der Waals surface area contributed by atoms with Gasteiger partial charge in [-0.3, -0.25) is 9.52 Å². The van der Waals surface area contributed by atoms with Gasteiger partial charge >= 0.3 is 0 Å². The van der Waals surface area contributed by atoms with Gasteiger partial charge in [0.2, 0.25) is 0 Å². The minimum atomic E-state index is -3.98. The predicted octanol–water partition coefficient (Wildman–Crippen LogP) is 5.11. The highest BCUT2D eigenvalue weighted by Crippen LogP contribution is 2.32. The third-order valence-electron chi connectivity index (χ3n) is 4.52. The Kier molecular flexibility index (Phi) is 7.27. The molecule has 0 heterocycles. The average molecular weight is 475 g/mol. The summed E-state index contributed by atoms with van der Waals surface area (Å²) in [6, 6.07) is 15.8. The number of halogens is 1. The molecule has 0 bridgehead atoms. The van der Waals surface area contributed by atoms with Crippen molar-refractivity contribution in [2.75, 3.05) is 23.8 Å². The quantitative estimate of drug-likeness (QED) is 0.473. The Labute approximate surface area is 192 Å². The third-order valence-corrected chi connectivity index (χ3v) is 6.13. The van der Waals surface area contributed by atoms with Gasteiger partial charge in [0.05, 0.1) is 30.0 Å². The van der Waals surface area contributed by atoms with E-state index in [1.54, 1.807) is 43.3 Å². The Morgan fingerprint density at radius 3 is 2.31 bits per heavy atom. The summed E-state index contributed by atoms with van der Waals surface area (Å²) < 4.78 is 39.5. The summed E-state index contributed by atoms with van der Waals surface area (Å²) in [5.41, 5.74) is 1.78. The van der Waals surface area contributed by atoms with Crippen molar-refractivity contribution >= 4 is 38.9 Å². The van der Waals surface area contributed by atoms with Crippen LogP contribution in [0.4, 0.5) is 11.4 Å². The van der Waals surface area contributed by atoms with Crippen molar-refractivity contribution < 1.29 is 22.7 Å². The number of anilines is 2. The number of ether oxygens (including phenoxy) is 2. The highest BCUT2D eigenvalue weighted by Gasteiger charge is 2.20. The van der Waals surface area contributed by atoms with Gasteiger partial charge in [0.1, 0.15) is 11.5 Å². The van der Waals surface area contributed by atoms with E-state index in [0.29, 0.717) is 34.4 Å². The molecule has 0 spiro atoms. The van der Waals surface area contributed by atoms with E-state index in [0.717, 1.165) is 5.56 Å². The van der Waals surface area contributed by atoms with E-state index in [2.05, 4.69) is 10.0 Å². The minimum absolute atomic E-state index is 0.0454. The van der Waals surface area contributed by atoms with Crippen molar-refractivity contribution in [3.8, 4) is 11.5 Å². The number of benzene rings is 3. The fraction of sp³-hybridized carbons (Fsp3) is 0.174. The lowest BCUT2D eigenvalue weighted by Crippen LogP contribution is -2.16. The number of sulfonamides is 1. The molecule has 0 fully saturated rings. The SMILES string of the molecule is CCOc1ccc(S(=O)(=O)Nc2cc(C)ccc2OC)cc1NC(=O)c1ccc(Cl)cc1. The van der Waals surface area contributed by atoms with Crippen molar-refractivity contribution in [2.24, 2.45) is 0 Å². The van der Waals surface area contributed by atoms with Crippen LogP contribution in [0.15, 0.2) is 65.6 Å². The van der Waals surface area contributed by atoms with Gasteiger partial charge in [-0.15, -0.1) is 0 Å². The smallest absolute Gasteiger partial charge is 0.262 e. The Morgan fingerprint density at radius 1 is 0.969 bits per heavy atom. The molecule has 9 heteroatoms. The standard InChI is InChI=1S/C23H23ClN2O5S/c1-4-31-22-12-10-18(14-19(22)25-23(27)16-6-8-17(24)9-7-16)32(28,29)26-20-13-15(2)5-11-21(20)30-3/h5-14,26H,4H2,1-3H3,(H,25,27). The normalized spacial score (nSPS) is 11.0. The number of methoxy groups -OCH3 is 1. The Hall–Kier alpha value is -3.23. The molecule has 7 nitrogen and oxygen atoms in total. The molecule has 0 saturated carbocycles. The van der Waals surface area contributed by atoms with Crippen LogP contribution >= 0.6 is 11.6 Å².